The van der Waals surface area contributed by atoms with E-state index in [9.17, 15) is 0 Å². The first-order chi connectivity index (χ1) is 19.2. The van der Waals surface area contributed by atoms with Gasteiger partial charge in [0.15, 0.2) is 0 Å². The molecular weight excluding hydrogens is 470 g/mol. The minimum atomic E-state index is 0.764. The Morgan fingerprint density at radius 2 is 1.00 bits per heavy atom. The second-order valence-electron chi connectivity index (χ2n) is 10.1. The Morgan fingerprint density at radius 3 is 1.69 bits per heavy atom. The largest absolute Gasteiger partial charge is 0.253 e. The smallest absolute Gasteiger partial charge is 0.0633 e. The molecule has 0 N–H and O–H groups in total. The fourth-order valence-corrected chi connectivity index (χ4v) is 5.88. The van der Waals surface area contributed by atoms with Crippen LogP contribution in [-0.2, 0) is 0 Å². The van der Waals surface area contributed by atoms with E-state index in [1.165, 1.54) is 48.7 Å². The quantitative estimate of drug-likeness (QED) is 0.169. The molecule has 39 heavy (non-hydrogen) atoms. The maximum atomic E-state index is 4.86. The zero-order valence-corrected chi connectivity index (χ0v) is 21.9. The lowest BCUT2D eigenvalue weighted by Crippen LogP contribution is -1.95. The summed E-state index contributed by atoms with van der Waals surface area (Å²) in [5.41, 5.74) is 6.23. The third-order valence-electron chi connectivity index (χ3n) is 7.75. The minimum absolute atomic E-state index is 0.764. The van der Waals surface area contributed by atoms with Crippen molar-refractivity contribution in [2.75, 3.05) is 0 Å². The molecule has 0 atom stereocenters. The van der Waals surface area contributed by atoms with Crippen molar-refractivity contribution in [1.82, 2.24) is 0 Å². The molecule has 7 rings (SSSR count). The zero-order valence-electron chi connectivity index (χ0n) is 21.9. The molecule has 0 aliphatic heterocycles. The van der Waals surface area contributed by atoms with E-state index in [1.54, 1.807) is 0 Å². The van der Waals surface area contributed by atoms with Gasteiger partial charge >= 0.3 is 0 Å². The van der Waals surface area contributed by atoms with E-state index in [2.05, 4.69) is 122 Å². The first-order valence-electron chi connectivity index (χ1n) is 13.3. The first kappa shape index (κ1) is 23.1. The van der Waals surface area contributed by atoms with Gasteiger partial charge in [-0.3, -0.25) is 4.99 Å². The number of rotatable bonds is 4. The lowest BCUT2D eigenvalue weighted by Gasteiger charge is -2.16. The van der Waals surface area contributed by atoms with Crippen molar-refractivity contribution in [3.63, 3.8) is 0 Å². The fraction of sp³-hybridized carbons (Fsp3) is 0.0263. The number of aliphatic imine (C=N–C) groups is 1. The van der Waals surface area contributed by atoms with E-state index < -0.39 is 0 Å². The van der Waals surface area contributed by atoms with Gasteiger partial charge in [-0.15, -0.1) is 0 Å². The molecule has 0 radical (unpaired) electrons. The van der Waals surface area contributed by atoms with Crippen LogP contribution in [-0.4, -0.2) is 5.71 Å². The highest BCUT2D eigenvalue weighted by molar-refractivity contribution is 6.33. The summed E-state index contributed by atoms with van der Waals surface area (Å²) in [5, 5.41) is 10.3. The lowest BCUT2D eigenvalue weighted by atomic mass is 9.87. The molecule has 184 valence electrons. The molecular formula is C38H27N. The predicted octanol–water partition coefficient (Wildman–Crippen LogP) is 10.4. The van der Waals surface area contributed by atoms with Crippen molar-refractivity contribution in [3.8, 4) is 11.1 Å². The molecule has 0 spiro atoms. The van der Waals surface area contributed by atoms with Gasteiger partial charge in [-0.2, -0.15) is 0 Å². The highest BCUT2D eigenvalue weighted by atomic mass is 14.7. The van der Waals surface area contributed by atoms with Gasteiger partial charge in [0, 0.05) is 11.3 Å². The maximum Gasteiger partial charge on any atom is 0.0633 e. The van der Waals surface area contributed by atoms with Crippen LogP contribution in [0.25, 0.3) is 59.9 Å². The van der Waals surface area contributed by atoms with Crippen molar-refractivity contribution < 1.29 is 0 Å². The average molecular weight is 498 g/mol. The molecule has 0 unspecified atom stereocenters. The van der Waals surface area contributed by atoms with Crippen LogP contribution in [0.1, 0.15) is 18.1 Å². The Balaban J connectivity index is 1.47. The van der Waals surface area contributed by atoms with Gasteiger partial charge in [0.05, 0.1) is 5.70 Å². The highest BCUT2D eigenvalue weighted by Crippen LogP contribution is 2.42. The number of nitrogens with zero attached hydrogens (tertiary/aromatic N) is 1. The Bertz CT molecular complexity index is 2080. The van der Waals surface area contributed by atoms with Crippen LogP contribution in [0.4, 0.5) is 0 Å². The second-order valence-corrected chi connectivity index (χ2v) is 10.1. The van der Waals surface area contributed by atoms with Gasteiger partial charge in [-0.25, -0.2) is 0 Å². The number of hydrogen-bond acceptors (Lipinski definition) is 1. The van der Waals surface area contributed by atoms with E-state index in [0.29, 0.717) is 0 Å². The molecule has 1 nitrogen and oxygen atoms in total. The van der Waals surface area contributed by atoms with Crippen LogP contribution < -0.4 is 0 Å². The summed E-state index contributed by atoms with van der Waals surface area (Å²) in [4.78, 5) is 4.86. The van der Waals surface area contributed by atoms with Crippen molar-refractivity contribution in [2.45, 2.75) is 6.92 Å². The summed E-state index contributed by atoms with van der Waals surface area (Å²) < 4.78 is 0. The minimum Gasteiger partial charge on any atom is -0.253 e. The van der Waals surface area contributed by atoms with Crippen LogP contribution >= 0.6 is 0 Å². The summed E-state index contributed by atoms with van der Waals surface area (Å²) in [6, 6.07) is 47.6. The number of hydrogen-bond donors (Lipinski definition) is 0. The van der Waals surface area contributed by atoms with Gasteiger partial charge in [0.25, 0.3) is 0 Å². The Kier molecular flexibility index (Phi) is 5.56. The molecule has 0 aliphatic rings. The maximum absolute atomic E-state index is 4.86. The summed E-state index contributed by atoms with van der Waals surface area (Å²) in [7, 11) is 0. The summed E-state index contributed by atoms with van der Waals surface area (Å²) in [6.07, 6.45) is 0. The van der Waals surface area contributed by atoms with E-state index in [0.717, 1.165) is 28.1 Å². The Morgan fingerprint density at radius 1 is 0.487 bits per heavy atom. The first-order valence-corrected chi connectivity index (χ1v) is 13.3. The standard InChI is InChI=1S/C38H27N/c1-25(27-13-4-3-5-14-27)39-26(2)28-15-12-16-29(23-28)36-24-37-32-19-7-6-17-30(32)31-18-8-10-21-34(31)38(37)35-22-11-9-20-33(35)36/h3-24H,2H2,1H3. The Labute approximate surface area is 228 Å². The molecule has 0 fully saturated rings. The van der Waals surface area contributed by atoms with Crippen molar-refractivity contribution >= 4 is 54.5 Å². The second kappa shape index (κ2) is 9.38. The molecule has 0 saturated carbocycles. The van der Waals surface area contributed by atoms with Crippen molar-refractivity contribution in [3.05, 3.63) is 151 Å². The third-order valence-corrected chi connectivity index (χ3v) is 7.75. The summed E-state index contributed by atoms with van der Waals surface area (Å²) >= 11 is 0. The molecule has 0 heterocycles. The van der Waals surface area contributed by atoms with Gasteiger partial charge in [-0.1, -0.05) is 128 Å². The topological polar surface area (TPSA) is 12.4 Å². The SMILES string of the molecule is C=C(N=C(C)c1ccccc1)c1cccc(-c2cc3c4ccccc4c4ccccc4c3c3ccccc23)c1. The molecule has 0 aliphatic carbocycles. The lowest BCUT2D eigenvalue weighted by molar-refractivity contribution is 1.48. The van der Waals surface area contributed by atoms with Gasteiger partial charge in [0.1, 0.15) is 0 Å². The van der Waals surface area contributed by atoms with Gasteiger partial charge < -0.3 is 0 Å². The van der Waals surface area contributed by atoms with Crippen molar-refractivity contribution in [2.24, 2.45) is 4.99 Å². The third kappa shape index (κ3) is 3.91. The highest BCUT2D eigenvalue weighted by Gasteiger charge is 2.15. The van der Waals surface area contributed by atoms with Crippen LogP contribution in [0.3, 0.4) is 0 Å². The summed E-state index contributed by atoms with van der Waals surface area (Å²) in [5.74, 6) is 0. The molecule has 0 bridgehead atoms. The van der Waals surface area contributed by atoms with E-state index in [1.807, 2.05) is 25.1 Å². The fourth-order valence-electron chi connectivity index (χ4n) is 5.88. The number of fused-ring (bicyclic) bond motifs is 8. The monoisotopic (exact) mass is 497 g/mol. The Hall–Kier alpha value is -5.01. The van der Waals surface area contributed by atoms with E-state index >= 15 is 0 Å². The van der Waals surface area contributed by atoms with Gasteiger partial charge in [0.2, 0.25) is 0 Å². The zero-order chi connectivity index (χ0) is 26.3. The normalized spacial score (nSPS) is 12.0. The van der Waals surface area contributed by atoms with Crippen molar-refractivity contribution in [1.29, 1.82) is 0 Å². The average Bonchev–Trinajstić information content (AvgIpc) is 3.01. The van der Waals surface area contributed by atoms with E-state index in [-0.39, 0.29) is 0 Å². The summed E-state index contributed by atoms with van der Waals surface area (Å²) in [6.45, 7) is 6.36. The van der Waals surface area contributed by atoms with E-state index in [4.69, 9.17) is 4.99 Å². The molecule has 0 amide bonds. The molecule has 0 aromatic heterocycles. The molecule has 7 aromatic rings. The van der Waals surface area contributed by atoms with Crippen LogP contribution in [0.5, 0.6) is 0 Å². The van der Waals surface area contributed by atoms with Crippen LogP contribution in [0.2, 0.25) is 0 Å². The predicted molar refractivity (Wildman–Crippen MR) is 170 cm³/mol. The molecule has 1 heteroatoms. The molecule has 7 aromatic carbocycles. The van der Waals surface area contributed by atoms with Crippen LogP contribution in [0, 0.1) is 0 Å². The van der Waals surface area contributed by atoms with Gasteiger partial charge in [-0.05, 0) is 78.8 Å². The number of benzene rings is 7. The molecule has 0 saturated heterocycles. The van der Waals surface area contributed by atoms with Crippen LogP contribution in [0.15, 0.2) is 145 Å².